The summed E-state index contributed by atoms with van der Waals surface area (Å²) in [5.41, 5.74) is 2.57. The number of benzene rings is 1. The van der Waals surface area contributed by atoms with Crippen LogP contribution in [0.5, 0.6) is 11.5 Å². The van der Waals surface area contributed by atoms with E-state index in [9.17, 15) is 4.79 Å². The first kappa shape index (κ1) is 13.4. The van der Waals surface area contributed by atoms with Gasteiger partial charge in [0.25, 0.3) is 5.91 Å². The Morgan fingerprint density at radius 3 is 2.81 bits per heavy atom. The van der Waals surface area contributed by atoms with E-state index in [0.29, 0.717) is 27.8 Å². The number of methoxy groups -OCH3 is 2. The average Bonchev–Trinajstić information content (AvgIpc) is 3.08. The minimum absolute atomic E-state index is 0.306. The highest BCUT2D eigenvalue weighted by Crippen LogP contribution is 2.29. The molecule has 0 saturated carbocycles. The summed E-state index contributed by atoms with van der Waals surface area (Å²) in [6, 6.07) is 5.14. The number of hydrogen-bond acceptors (Lipinski definition) is 6. The molecule has 108 valence electrons. The van der Waals surface area contributed by atoms with Gasteiger partial charge in [-0.25, -0.2) is 9.50 Å². The van der Waals surface area contributed by atoms with E-state index in [4.69, 9.17) is 9.47 Å². The summed E-state index contributed by atoms with van der Waals surface area (Å²) in [6.45, 7) is 0. The van der Waals surface area contributed by atoms with E-state index in [1.807, 2.05) is 0 Å². The Kier molecular flexibility index (Phi) is 3.44. The van der Waals surface area contributed by atoms with Crippen LogP contribution in [0.15, 0.2) is 29.9 Å². The molecule has 0 saturated heterocycles. The third kappa shape index (κ3) is 2.52. The standard InChI is InChI=1S/C13H12N4O3S/c1-19-10-4-3-8(5-11(10)20-2)15-12(18)9-6-17-13(16-9)21-7-14-17/h3-7H,1-2H3,(H,15,18). The molecule has 0 aliphatic rings. The van der Waals surface area contributed by atoms with E-state index in [1.165, 1.54) is 11.3 Å². The van der Waals surface area contributed by atoms with Crippen molar-refractivity contribution in [2.75, 3.05) is 19.5 Å². The van der Waals surface area contributed by atoms with Crippen molar-refractivity contribution in [1.82, 2.24) is 14.6 Å². The zero-order valence-corrected chi connectivity index (χ0v) is 12.2. The molecule has 0 bridgehead atoms. The lowest BCUT2D eigenvalue weighted by molar-refractivity contribution is 0.102. The van der Waals surface area contributed by atoms with Crippen LogP contribution in [0.4, 0.5) is 5.69 Å². The lowest BCUT2D eigenvalue weighted by Gasteiger charge is -2.09. The van der Waals surface area contributed by atoms with Crippen LogP contribution in [-0.2, 0) is 0 Å². The van der Waals surface area contributed by atoms with Crippen molar-refractivity contribution in [2.24, 2.45) is 0 Å². The molecule has 1 aromatic carbocycles. The summed E-state index contributed by atoms with van der Waals surface area (Å²) >= 11 is 1.37. The first-order valence-corrected chi connectivity index (χ1v) is 6.91. The minimum Gasteiger partial charge on any atom is -0.493 e. The van der Waals surface area contributed by atoms with Gasteiger partial charge in [-0.15, -0.1) is 0 Å². The predicted octanol–water partition coefficient (Wildman–Crippen LogP) is 2.06. The van der Waals surface area contributed by atoms with E-state index >= 15 is 0 Å². The maximum Gasteiger partial charge on any atom is 0.275 e. The van der Waals surface area contributed by atoms with Gasteiger partial charge in [-0.1, -0.05) is 11.3 Å². The largest absolute Gasteiger partial charge is 0.493 e. The van der Waals surface area contributed by atoms with Gasteiger partial charge in [0.15, 0.2) is 11.5 Å². The molecule has 0 radical (unpaired) electrons. The molecule has 0 aliphatic heterocycles. The zero-order chi connectivity index (χ0) is 14.8. The van der Waals surface area contributed by atoms with E-state index in [-0.39, 0.29) is 5.91 Å². The molecule has 3 rings (SSSR count). The van der Waals surface area contributed by atoms with Crippen molar-refractivity contribution in [3.8, 4) is 11.5 Å². The van der Waals surface area contributed by atoms with Crippen LogP contribution in [0.1, 0.15) is 10.5 Å². The van der Waals surface area contributed by atoms with Crippen LogP contribution in [0.2, 0.25) is 0 Å². The van der Waals surface area contributed by atoms with Gasteiger partial charge in [-0.2, -0.15) is 5.10 Å². The molecule has 8 heteroatoms. The minimum atomic E-state index is -0.306. The quantitative estimate of drug-likeness (QED) is 0.798. The molecule has 0 aliphatic carbocycles. The van der Waals surface area contributed by atoms with E-state index in [2.05, 4.69) is 15.4 Å². The van der Waals surface area contributed by atoms with Gasteiger partial charge in [0.2, 0.25) is 4.96 Å². The maximum absolute atomic E-state index is 12.2. The molecule has 0 fully saturated rings. The predicted molar refractivity (Wildman–Crippen MR) is 78.4 cm³/mol. The third-order valence-electron chi connectivity index (χ3n) is 2.86. The summed E-state index contributed by atoms with van der Waals surface area (Å²) in [7, 11) is 3.10. The second kappa shape index (κ2) is 5.41. The number of imidazole rings is 1. The second-order valence-electron chi connectivity index (χ2n) is 4.12. The number of aromatic nitrogens is 3. The average molecular weight is 304 g/mol. The van der Waals surface area contributed by atoms with Crippen molar-refractivity contribution in [3.63, 3.8) is 0 Å². The number of nitrogens with zero attached hydrogens (tertiary/aromatic N) is 3. The molecule has 2 heterocycles. The lowest BCUT2D eigenvalue weighted by atomic mass is 10.2. The normalized spacial score (nSPS) is 10.6. The second-order valence-corrected chi connectivity index (χ2v) is 4.93. The van der Waals surface area contributed by atoms with Crippen LogP contribution in [0, 0.1) is 0 Å². The number of anilines is 1. The van der Waals surface area contributed by atoms with Gasteiger partial charge < -0.3 is 14.8 Å². The number of nitrogens with one attached hydrogen (secondary N) is 1. The van der Waals surface area contributed by atoms with Crippen LogP contribution in [-0.4, -0.2) is 34.7 Å². The first-order chi connectivity index (χ1) is 10.2. The molecule has 0 unspecified atom stereocenters. The Labute approximate surface area is 124 Å². The summed E-state index contributed by atoms with van der Waals surface area (Å²) in [6.07, 6.45) is 1.59. The van der Waals surface area contributed by atoms with Crippen LogP contribution >= 0.6 is 11.3 Å². The van der Waals surface area contributed by atoms with Crippen molar-refractivity contribution in [1.29, 1.82) is 0 Å². The molecule has 1 N–H and O–H groups in total. The van der Waals surface area contributed by atoms with Crippen molar-refractivity contribution in [2.45, 2.75) is 0 Å². The molecule has 2 aromatic heterocycles. The summed E-state index contributed by atoms with van der Waals surface area (Å²) in [4.78, 5) is 17.0. The van der Waals surface area contributed by atoms with Crippen molar-refractivity contribution in [3.05, 3.63) is 35.6 Å². The number of fused-ring (bicyclic) bond motifs is 1. The number of hydrogen-bond donors (Lipinski definition) is 1. The highest BCUT2D eigenvalue weighted by Gasteiger charge is 2.13. The molecule has 21 heavy (non-hydrogen) atoms. The summed E-state index contributed by atoms with van der Waals surface area (Å²) in [5, 5.41) is 6.80. The van der Waals surface area contributed by atoms with Crippen molar-refractivity contribution < 1.29 is 14.3 Å². The lowest BCUT2D eigenvalue weighted by Crippen LogP contribution is -2.12. The van der Waals surface area contributed by atoms with Gasteiger partial charge in [0, 0.05) is 11.8 Å². The van der Waals surface area contributed by atoms with Gasteiger partial charge in [0.05, 0.1) is 20.4 Å². The molecule has 3 aromatic rings. The van der Waals surface area contributed by atoms with Gasteiger partial charge in [-0.3, -0.25) is 4.79 Å². The zero-order valence-electron chi connectivity index (χ0n) is 11.4. The van der Waals surface area contributed by atoms with Crippen LogP contribution in [0.25, 0.3) is 4.96 Å². The van der Waals surface area contributed by atoms with Crippen LogP contribution < -0.4 is 14.8 Å². The van der Waals surface area contributed by atoms with E-state index in [0.717, 1.165) is 0 Å². The maximum atomic E-state index is 12.2. The molecule has 0 atom stereocenters. The van der Waals surface area contributed by atoms with Gasteiger partial charge >= 0.3 is 0 Å². The molecule has 7 nitrogen and oxygen atoms in total. The Bertz CT molecular complexity index is 767. The Morgan fingerprint density at radius 2 is 2.10 bits per heavy atom. The molecule has 0 spiro atoms. The fourth-order valence-electron chi connectivity index (χ4n) is 1.86. The summed E-state index contributed by atoms with van der Waals surface area (Å²) in [5.74, 6) is 0.838. The Balaban J connectivity index is 1.82. The van der Waals surface area contributed by atoms with E-state index in [1.54, 1.807) is 48.6 Å². The molecular formula is C13H12N4O3S. The Morgan fingerprint density at radius 1 is 1.29 bits per heavy atom. The smallest absolute Gasteiger partial charge is 0.275 e. The topological polar surface area (TPSA) is 77.8 Å². The van der Waals surface area contributed by atoms with Crippen molar-refractivity contribution >= 4 is 27.9 Å². The molecular weight excluding hydrogens is 292 g/mol. The van der Waals surface area contributed by atoms with Crippen LogP contribution in [0.3, 0.4) is 0 Å². The fraction of sp³-hybridized carbons (Fsp3) is 0.154. The van der Waals surface area contributed by atoms with Gasteiger partial charge in [0.1, 0.15) is 11.2 Å². The number of rotatable bonds is 4. The number of carbonyl (C=O) groups excluding carboxylic acids is 1. The molecule has 1 amide bonds. The highest BCUT2D eigenvalue weighted by molar-refractivity contribution is 7.14. The number of ether oxygens (including phenoxy) is 2. The monoisotopic (exact) mass is 304 g/mol. The van der Waals surface area contributed by atoms with E-state index < -0.39 is 0 Å². The SMILES string of the molecule is COc1ccc(NC(=O)c2cn3ncsc3n2)cc1OC. The highest BCUT2D eigenvalue weighted by atomic mass is 32.1. The number of amides is 1. The fourth-order valence-corrected chi connectivity index (χ4v) is 2.46. The number of carbonyl (C=O) groups is 1. The third-order valence-corrected chi connectivity index (χ3v) is 3.55. The van der Waals surface area contributed by atoms with Gasteiger partial charge in [-0.05, 0) is 12.1 Å². The summed E-state index contributed by atoms with van der Waals surface area (Å²) < 4.78 is 11.9. The first-order valence-electron chi connectivity index (χ1n) is 6.03. The Hall–Kier alpha value is -2.61.